The predicted molar refractivity (Wildman–Crippen MR) is 97.2 cm³/mol. The number of ether oxygens (including phenoxy) is 1. The highest BCUT2D eigenvalue weighted by atomic mass is 16.5. The molecule has 1 unspecified atom stereocenters. The fraction of sp³-hybridized carbons (Fsp3) is 0.947. The second kappa shape index (κ2) is 7.61. The molecule has 0 radical (unpaired) electrons. The van der Waals surface area contributed by atoms with Crippen LogP contribution in [0.2, 0.25) is 0 Å². The average Bonchev–Trinajstić information content (AvgIpc) is 3.53. The Balaban J connectivity index is 1.23. The lowest BCUT2D eigenvalue weighted by Crippen LogP contribution is -2.44. The molecule has 136 valence electrons. The summed E-state index contributed by atoms with van der Waals surface area (Å²) < 4.78 is 5.46. The van der Waals surface area contributed by atoms with Crippen LogP contribution in [-0.4, -0.2) is 75.3 Å². The molecule has 0 bridgehead atoms. The summed E-state index contributed by atoms with van der Waals surface area (Å²) in [5.74, 6) is 4.86. The summed E-state index contributed by atoms with van der Waals surface area (Å²) in [4.78, 5) is 9.64. The van der Waals surface area contributed by atoms with Crippen molar-refractivity contribution in [1.29, 1.82) is 0 Å². The number of nitrogens with one attached hydrogen (secondary N) is 1. The molecule has 2 heterocycles. The summed E-state index contributed by atoms with van der Waals surface area (Å²) in [5.41, 5.74) is 0. The minimum absolute atomic E-state index is 0.782. The molecule has 1 N–H and O–H groups in total. The van der Waals surface area contributed by atoms with E-state index in [4.69, 9.17) is 4.74 Å². The second-order valence-corrected chi connectivity index (χ2v) is 8.28. The van der Waals surface area contributed by atoms with Crippen LogP contribution in [-0.2, 0) is 4.74 Å². The fourth-order valence-corrected chi connectivity index (χ4v) is 4.63. The predicted octanol–water partition coefficient (Wildman–Crippen LogP) is 1.65. The Labute approximate surface area is 146 Å². The van der Waals surface area contributed by atoms with Crippen LogP contribution in [0.25, 0.3) is 0 Å². The van der Waals surface area contributed by atoms with Crippen molar-refractivity contribution in [2.45, 2.75) is 32.1 Å². The molecule has 0 aromatic carbocycles. The Morgan fingerprint density at radius 1 is 1.08 bits per heavy atom. The molecule has 5 heteroatoms. The van der Waals surface area contributed by atoms with E-state index < -0.39 is 0 Å². The third kappa shape index (κ3) is 4.23. The maximum Gasteiger partial charge on any atom is 0.193 e. The minimum atomic E-state index is 0.782. The Morgan fingerprint density at radius 2 is 1.79 bits per heavy atom. The molecule has 1 atom stereocenters. The average molecular weight is 335 g/mol. The van der Waals surface area contributed by atoms with Crippen LogP contribution in [0.5, 0.6) is 0 Å². The van der Waals surface area contributed by atoms with E-state index >= 15 is 0 Å². The summed E-state index contributed by atoms with van der Waals surface area (Å²) in [5, 5.41) is 3.72. The number of guanidine groups is 1. The molecule has 2 saturated carbocycles. The second-order valence-electron chi connectivity index (χ2n) is 8.28. The number of aliphatic imine (C=N–C) groups is 1. The maximum absolute atomic E-state index is 5.46. The van der Waals surface area contributed by atoms with Gasteiger partial charge in [0.05, 0.1) is 13.2 Å². The lowest BCUT2D eigenvalue weighted by Gasteiger charge is -2.29. The van der Waals surface area contributed by atoms with Crippen molar-refractivity contribution in [2.75, 3.05) is 59.5 Å². The Morgan fingerprint density at radius 3 is 2.42 bits per heavy atom. The van der Waals surface area contributed by atoms with Crippen molar-refractivity contribution in [3.05, 3.63) is 0 Å². The van der Waals surface area contributed by atoms with E-state index in [9.17, 15) is 0 Å². The molecule has 0 aromatic rings. The van der Waals surface area contributed by atoms with Gasteiger partial charge in [-0.1, -0.05) is 0 Å². The van der Waals surface area contributed by atoms with Crippen LogP contribution in [0.4, 0.5) is 0 Å². The number of hydrogen-bond acceptors (Lipinski definition) is 3. The highest BCUT2D eigenvalue weighted by Gasteiger charge is 2.41. The molecule has 4 rings (SSSR count). The van der Waals surface area contributed by atoms with Crippen LogP contribution < -0.4 is 5.32 Å². The van der Waals surface area contributed by atoms with Crippen molar-refractivity contribution < 1.29 is 4.74 Å². The first kappa shape index (κ1) is 16.6. The number of morpholine rings is 1. The molecule has 24 heavy (non-hydrogen) atoms. The first-order chi connectivity index (χ1) is 11.8. The summed E-state index contributed by atoms with van der Waals surface area (Å²) in [6.07, 6.45) is 7.16. The van der Waals surface area contributed by atoms with Crippen LogP contribution in [0.3, 0.4) is 0 Å². The quantitative estimate of drug-likeness (QED) is 0.592. The third-order valence-corrected chi connectivity index (χ3v) is 6.37. The topological polar surface area (TPSA) is 40.1 Å². The van der Waals surface area contributed by atoms with Crippen molar-refractivity contribution in [3.8, 4) is 0 Å². The van der Waals surface area contributed by atoms with Crippen LogP contribution in [0.15, 0.2) is 4.99 Å². The zero-order valence-corrected chi connectivity index (χ0v) is 15.3. The van der Waals surface area contributed by atoms with Gasteiger partial charge in [-0.05, 0) is 55.8 Å². The van der Waals surface area contributed by atoms with Crippen LogP contribution in [0, 0.1) is 23.7 Å². The molecule has 4 fully saturated rings. The molecule has 2 aliphatic carbocycles. The van der Waals surface area contributed by atoms with Crippen molar-refractivity contribution in [1.82, 2.24) is 15.1 Å². The van der Waals surface area contributed by atoms with E-state index in [1.807, 2.05) is 7.05 Å². The fourth-order valence-electron chi connectivity index (χ4n) is 4.63. The highest BCUT2D eigenvalue weighted by molar-refractivity contribution is 5.80. The van der Waals surface area contributed by atoms with E-state index in [0.717, 1.165) is 75.6 Å². The zero-order chi connectivity index (χ0) is 16.4. The number of likely N-dealkylation sites (tertiary alicyclic amines) is 1. The van der Waals surface area contributed by atoms with E-state index in [1.54, 1.807) is 0 Å². The van der Waals surface area contributed by atoms with Gasteiger partial charge in [-0.25, -0.2) is 0 Å². The molecule has 2 aliphatic heterocycles. The number of hydrogen-bond donors (Lipinski definition) is 1. The lowest BCUT2D eigenvalue weighted by molar-refractivity contribution is 0.0315. The van der Waals surface area contributed by atoms with Gasteiger partial charge < -0.3 is 15.0 Å². The number of rotatable bonds is 6. The Kier molecular flexibility index (Phi) is 5.28. The van der Waals surface area contributed by atoms with Crippen molar-refractivity contribution >= 4 is 5.96 Å². The van der Waals surface area contributed by atoms with E-state index in [0.29, 0.717) is 0 Å². The normalized spacial score (nSPS) is 29.5. The van der Waals surface area contributed by atoms with Crippen molar-refractivity contribution in [2.24, 2.45) is 28.7 Å². The molecule has 0 spiro atoms. The lowest BCUT2D eigenvalue weighted by atomic mass is 9.98. The van der Waals surface area contributed by atoms with Crippen LogP contribution >= 0.6 is 0 Å². The van der Waals surface area contributed by atoms with Gasteiger partial charge in [-0.15, -0.1) is 0 Å². The Hall–Kier alpha value is -0.810. The molecule has 0 amide bonds. The third-order valence-electron chi connectivity index (χ3n) is 6.37. The van der Waals surface area contributed by atoms with Gasteiger partial charge in [0.1, 0.15) is 0 Å². The molecular formula is C19H34N4O. The van der Waals surface area contributed by atoms with Crippen LogP contribution in [0.1, 0.15) is 32.1 Å². The molecule has 0 aromatic heterocycles. The first-order valence-corrected chi connectivity index (χ1v) is 10.1. The van der Waals surface area contributed by atoms with Gasteiger partial charge in [-0.2, -0.15) is 0 Å². The minimum Gasteiger partial charge on any atom is -0.379 e. The summed E-state index contributed by atoms with van der Waals surface area (Å²) in [7, 11) is 1.95. The van der Waals surface area contributed by atoms with Gasteiger partial charge in [0.2, 0.25) is 0 Å². The van der Waals surface area contributed by atoms with Gasteiger partial charge >= 0.3 is 0 Å². The smallest absolute Gasteiger partial charge is 0.193 e. The SMILES string of the molecule is CN=C(NCC(C1CC1)C1CC1)N1CCC(CN2CCOCC2)C1. The standard InChI is InChI=1S/C19H34N4O/c1-20-19(21-12-18(16-2-3-16)17-4-5-17)23-7-6-15(14-23)13-22-8-10-24-11-9-22/h15-18H,2-14H2,1H3,(H,20,21). The van der Waals surface area contributed by atoms with Gasteiger partial charge in [0, 0.05) is 46.3 Å². The highest BCUT2D eigenvalue weighted by Crippen LogP contribution is 2.48. The molecule has 5 nitrogen and oxygen atoms in total. The van der Waals surface area contributed by atoms with E-state index in [2.05, 4.69) is 20.1 Å². The Bertz CT molecular complexity index is 429. The summed E-state index contributed by atoms with van der Waals surface area (Å²) in [6.45, 7) is 8.71. The van der Waals surface area contributed by atoms with E-state index in [1.165, 1.54) is 38.6 Å². The number of nitrogens with zero attached hydrogens (tertiary/aromatic N) is 3. The van der Waals surface area contributed by atoms with Gasteiger partial charge in [-0.3, -0.25) is 9.89 Å². The largest absolute Gasteiger partial charge is 0.379 e. The zero-order valence-electron chi connectivity index (χ0n) is 15.3. The summed E-state index contributed by atoms with van der Waals surface area (Å²) in [6, 6.07) is 0. The van der Waals surface area contributed by atoms with Gasteiger partial charge in [0.15, 0.2) is 5.96 Å². The monoisotopic (exact) mass is 334 g/mol. The molecular weight excluding hydrogens is 300 g/mol. The summed E-state index contributed by atoms with van der Waals surface area (Å²) >= 11 is 0. The van der Waals surface area contributed by atoms with Crippen molar-refractivity contribution in [3.63, 3.8) is 0 Å². The van der Waals surface area contributed by atoms with Gasteiger partial charge in [0.25, 0.3) is 0 Å². The van der Waals surface area contributed by atoms with E-state index in [-0.39, 0.29) is 0 Å². The molecule has 4 aliphatic rings. The first-order valence-electron chi connectivity index (χ1n) is 10.1. The maximum atomic E-state index is 5.46. The molecule has 2 saturated heterocycles.